The van der Waals surface area contributed by atoms with Crippen LogP contribution in [0, 0.1) is 5.92 Å². The molecule has 0 spiro atoms. The molecule has 1 aliphatic heterocycles. The molecule has 1 fully saturated rings. The lowest BCUT2D eigenvalue weighted by molar-refractivity contribution is -0.149. The molecule has 0 saturated carbocycles. The van der Waals surface area contributed by atoms with Crippen LogP contribution in [0.2, 0.25) is 0 Å². The summed E-state index contributed by atoms with van der Waals surface area (Å²) in [6, 6.07) is 1.84. The lowest BCUT2D eigenvalue weighted by atomic mass is 9.97. The number of esters is 1. The minimum absolute atomic E-state index is 0.0537. The second-order valence-corrected chi connectivity index (χ2v) is 6.27. The number of likely N-dealkylation sites (tertiary alicyclic amines) is 1. The van der Waals surface area contributed by atoms with E-state index in [4.69, 9.17) is 4.74 Å². The Balaban J connectivity index is 1.89. The Morgan fingerprint density at radius 1 is 1.47 bits per heavy atom. The van der Waals surface area contributed by atoms with Crippen molar-refractivity contribution in [3.63, 3.8) is 0 Å². The minimum atomic E-state index is -0.131. The fraction of sp³-hybridized carbons (Fsp3) is 0.538. The van der Waals surface area contributed by atoms with Crippen molar-refractivity contribution in [2.45, 2.75) is 19.8 Å². The number of hydrogen-bond donors (Lipinski definition) is 0. The quantitative estimate of drug-likeness (QED) is 0.791. The summed E-state index contributed by atoms with van der Waals surface area (Å²) in [4.78, 5) is 26.4. The van der Waals surface area contributed by atoms with Crippen LogP contribution in [0.5, 0.6) is 0 Å². The van der Waals surface area contributed by atoms with Crippen molar-refractivity contribution in [2.24, 2.45) is 5.92 Å². The van der Waals surface area contributed by atoms with Gasteiger partial charge in [0.2, 0.25) is 0 Å². The van der Waals surface area contributed by atoms with E-state index in [2.05, 4.69) is 15.9 Å². The first kappa shape index (κ1) is 14.5. The summed E-state index contributed by atoms with van der Waals surface area (Å²) in [5, 5.41) is 1.90. The Kier molecular flexibility index (Phi) is 4.99. The van der Waals surface area contributed by atoms with E-state index in [0.29, 0.717) is 32.5 Å². The van der Waals surface area contributed by atoms with Gasteiger partial charge in [-0.3, -0.25) is 9.59 Å². The molecule has 1 aromatic heterocycles. The number of ether oxygens (including phenoxy) is 1. The molecule has 6 heteroatoms. The molecule has 0 aromatic carbocycles. The first-order valence-electron chi connectivity index (χ1n) is 6.31. The SMILES string of the molecule is CCOC(=O)C1CCN(C(=O)c2cc(Br)cs2)CC1. The van der Waals surface area contributed by atoms with Crippen LogP contribution in [0.15, 0.2) is 15.9 Å². The van der Waals surface area contributed by atoms with Gasteiger partial charge in [0, 0.05) is 22.9 Å². The van der Waals surface area contributed by atoms with Gasteiger partial charge in [-0.1, -0.05) is 0 Å². The van der Waals surface area contributed by atoms with E-state index in [9.17, 15) is 9.59 Å². The van der Waals surface area contributed by atoms with Crippen LogP contribution in [0.1, 0.15) is 29.4 Å². The van der Waals surface area contributed by atoms with Gasteiger partial charge in [0.05, 0.1) is 17.4 Å². The van der Waals surface area contributed by atoms with Gasteiger partial charge in [-0.15, -0.1) is 11.3 Å². The topological polar surface area (TPSA) is 46.6 Å². The highest BCUT2D eigenvalue weighted by atomic mass is 79.9. The van der Waals surface area contributed by atoms with Crippen LogP contribution >= 0.6 is 27.3 Å². The molecule has 0 aliphatic carbocycles. The molecule has 1 aliphatic rings. The van der Waals surface area contributed by atoms with Crippen molar-refractivity contribution >= 4 is 39.1 Å². The lowest BCUT2D eigenvalue weighted by Crippen LogP contribution is -2.40. The molecule has 4 nitrogen and oxygen atoms in total. The molecular weight excluding hydrogens is 330 g/mol. The van der Waals surface area contributed by atoms with Gasteiger partial charge < -0.3 is 9.64 Å². The van der Waals surface area contributed by atoms with E-state index in [1.165, 1.54) is 11.3 Å². The largest absolute Gasteiger partial charge is 0.466 e. The number of hydrogen-bond acceptors (Lipinski definition) is 4. The van der Waals surface area contributed by atoms with Crippen LogP contribution in [0.25, 0.3) is 0 Å². The van der Waals surface area contributed by atoms with E-state index in [0.717, 1.165) is 9.35 Å². The number of halogens is 1. The summed E-state index contributed by atoms with van der Waals surface area (Å²) in [7, 11) is 0. The van der Waals surface area contributed by atoms with Crippen LogP contribution < -0.4 is 0 Å². The maximum Gasteiger partial charge on any atom is 0.309 e. The molecule has 0 unspecified atom stereocenters. The molecule has 104 valence electrons. The monoisotopic (exact) mass is 345 g/mol. The van der Waals surface area contributed by atoms with Gasteiger partial charge >= 0.3 is 5.97 Å². The third-order valence-corrected chi connectivity index (χ3v) is 4.86. The molecule has 0 atom stereocenters. The summed E-state index contributed by atoms with van der Waals surface area (Å²) in [6.07, 6.45) is 1.38. The zero-order chi connectivity index (χ0) is 13.8. The Hall–Kier alpha value is -0.880. The molecule has 1 amide bonds. The number of carbonyl (C=O) groups excluding carboxylic acids is 2. The number of piperidine rings is 1. The smallest absolute Gasteiger partial charge is 0.309 e. The van der Waals surface area contributed by atoms with E-state index < -0.39 is 0 Å². The van der Waals surface area contributed by atoms with Crippen LogP contribution in [-0.2, 0) is 9.53 Å². The molecule has 2 heterocycles. The first-order valence-corrected chi connectivity index (χ1v) is 7.99. The van der Waals surface area contributed by atoms with E-state index in [1.54, 1.807) is 0 Å². The van der Waals surface area contributed by atoms with Crippen LogP contribution in [0.4, 0.5) is 0 Å². The average molecular weight is 346 g/mol. The summed E-state index contributed by atoms with van der Waals surface area (Å²) in [6.45, 7) is 3.47. The van der Waals surface area contributed by atoms with Crippen LogP contribution in [-0.4, -0.2) is 36.5 Å². The maximum absolute atomic E-state index is 12.2. The van der Waals surface area contributed by atoms with E-state index >= 15 is 0 Å². The average Bonchev–Trinajstić information content (AvgIpc) is 2.85. The van der Waals surface area contributed by atoms with Gasteiger partial charge in [0.15, 0.2) is 0 Å². The number of rotatable bonds is 3. The second-order valence-electron chi connectivity index (χ2n) is 4.45. The molecule has 1 aromatic rings. The zero-order valence-corrected chi connectivity index (χ0v) is 13.1. The molecule has 0 N–H and O–H groups in total. The normalized spacial score (nSPS) is 16.4. The van der Waals surface area contributed by atoms with Crippen molar-refractivity contribution in [2.75, 3.05) is 19.7 Å². The van der Waals surface area contributed by atoms with Gasteiger partial charge in [-0.2, -0.15) is 0 Å². The molecule has 19 heavy (non-hydrogen) atoms. The predicted molar refractivity (Wildman–Crippen MR) is 77.3 cm³/mol. The standard InChI is InChI=1S/C13H16BrNO3S/c1-2-18-13(17)9-3-5-15(6-4-9)12(16)11-7-10(14)8-19-11/h7-9H,2-6H2,1H3. The minimum Gasteiger partial charge on any atom is -0.466 e. The van der Waals surface area contributed by atoms with Crippen molar-refractivity contribution in [1.29, 1.82) is 0 Å². The Bertz CT molecular complexity index is 466. The van der Waals surface area contributed by atoms with Gasteiger partial charge in [-0.05, 0) is 41.8 Å². The first-order chi connectivity index (χ1) is 9.11. The van der Waals surface area contributed by atoms with Crippen molar-refractivity contribution in [3.05, 3.63) is 20.8 Å². The second kappa shape index (κ2) is 6.52. The fourth-order valence-corrected chi connectivity index (χ4v) is 3.55. The maximum atomic E-state index is 12.2. The molecule has 2 rings (SSSR count). The highest BCUT2D eigenvalue weighted by Gasteiger charge is 2.28. The molecule has 0 bridgehead atoms. The van der Waals surface area contributed by atoms with Gasteiger partial charge in [0.25, 0.3) is 5.91 Å². The number of thiophene rings is 1. The van der Waals surface area contributed by atoms with Gasteiger partial charge in [0.1, 0.15) is 0 Å². The Morgan fingerprint density at radius 2 is 2.16 bits per heavy atom. The summed E-state index contributed by atoms with van der Waals surface area (Å²) < 4.78 is 5.95. The Morgan fingerprint density at radius 3 is 2.68 bits per heavy atom. The van der Waals surface area contributed by atoms with Crippen molar-refractivity contribution in [3.8, 4) is 0 Å². The number of carbonyl (C=O) groups is 2. The zero-order valence-electron chi connectivity index (χ0n) is 10.7. The van der Waals surface area contributed by atoms with E-state index in [-0.39, 0.29) is 17.8 Å². The van der Waals surface area contributed by atoms with Gasteiger partial charge in [-0.25, -0.2) is 0 Å². The highest BCUT2D eigenvalue weighted by molar-refractivity contribution is 9.10. The van der Waals surface area contributed by atoms with Crippen molar-refractivity contribution in [1.82, 2.24) is 4.90 Å². The fourth-order valence-electron chi connectivity index (χ4n) is 2.16. The molecule has 0 radical (unpaired) electrons. The lowest BCUT2D eigenvalue weighted by Gasteiger charge is -2.30. The number of amides is 1. The third-order valence-electron chi connectivity index (χ3n) is 3.18. The highest BCUT2D eigenvalue weighted by Crippen LogP contribution is 2.24. The number of nitrogens with zero attached hydrogens (tertiary/aromatic N) is 1. The van der Waals surface area contributed by atoms with Crippen molar-refractivity contribution < 1.29 is 14.3 Å². The predicted octanol–water partition coefficient (Wildman–Crippen LogP) is 2.93. The summed E-state index contributed by atoms with van der Waals surface area (Å²) in [5.41, 5.74) is 0. The summed E-state index contributed by atoms with van der Waals surface area (Å²) >= 11 is 4.79. The molecular formula is C13H16BrNO3S. The Labute approximate surface area is 124 Å². The third kappa shape index (κ3) is 3.57. The summed E-state index contributed by atoms with van der Waals surface area (Å²) in [5.74, 6) is -0.134. The van der Waals surface area contributed by atoms with Crippen LogP contribution in [0.3, 0.4) is 0 Å². The van der Waals surface area contributed by atoms with E-state index in [1.807, 2.05) is 23.3 Å². The molecule has 1 saturated heterocycles.